The van der Waals surface area contributed by atoms with E-state index >= 15 is 0 Å². The first-order valence-corrected chi connectivity index (χ1v) is 8.30. The predicted octanol–water partition coefficient (Wildman–Crippen LogP) is 4.22. The third-order valence-electron chi connectivity index (χ3n) is 2.81. The standard InChI is InChI=1S/C16H12BrCl2NO4/c17-14-5-3-12(24-14)4-6-16(22)23-9-15(21)20-8-10-1-2-11(18)7-13(10)19/h1-7H,8-9H2,(H,20,21)/b6-4+. The van der Waals surface area contributed by atoms with Crippen molar-refractivity contribution in [1.82, 2.24) is 5.32 Å². The van der Waals surface area contributed by atoms with Crippen molar-refractivity contribution in [3.63, 3.8) is 0 Å². The maximum atomic E-state index is 11.7. The van der Waals surface area contributed by atoms with Crippen LogP contribution in [-0.4, -0.2) is 18.5 Å². The van der Waals surface area contributed by atoms with E-state index in [4.69, 9.17) is 32.4 Å². The molecule has 1 aromatic carbocycles. The number of benzene rings is 1. The number of nitrogens with one attached hydrogen (secondary N) is 1. The maximum absolute atomic E-state index is 11.7. The van der Waals surface area contributed by atoms with Crippen molar-refractivity contribution in [2.75, 3.05) is 6.61 Å². The lowest BCUT2D eigenvalue weighted by atomic mass is 10.2. The molecular weight excluding hydrogens is 421 g/mol. The van der Waals surface area contributed by atoms with Gasteiger partial charge in [0.1, 0.15) is 5.76 Å². The lowest BCUT2D eigenvalue weighted by molar-refractivity contribution is -0.143. The Morgan fingerprint density at radius 1 is 1.25 bits per heavy atom. The van der Waals surface area contributed by atoms with Crippen molar-refractivity contribution >= 4 is 57.1 Å². The van der Waals surface area contributed by atoms with Gasteiger partial charge in [0.05, 0.1) is 0 Å². The number of hydrogen-bond acceptors (Lipinski definition) is 4. The van der Waals surface area contributed by atoms with Gasteiger partial charge in [0.15, 0.2) is 11.3 Å². The summed E-state index contributed by atoms with van der Waals surface area (Å²) in [6.07, 6.45) is 2.62. The van der Waals surface area contributed by atoms with E-state index in [2.05, 4.69) is 21.2 Å². The summed E-state index contributed by atoms with van der Waals surface area (Å²) in [7, 11) is 0. The minimum Gasteiger partial charge on any atom is -0.452 e. The van der Waals surface area contributed by atoms with E-state index in [0.29, 0.717) is 26.0 Å². The van der Waals surface area contributed by atoms with Crippen LogP contribution in [-0.2, 0) is 20.9 Å². The van der Waals surface area contributed by atoms with Gasteiger partial charge in [0, 0.05) is 22.7 Å². The number of furan rings is 1. The summed E-state index contributed by atoms with van der Waals surface area (Å²) >= 11 is 14.9. The van der Waals surface area contributed by atoms with Gasteiger partial charge in [-0.3, -0.25) is 4.79 Å². The van der Waals surface area contributed by atoms with Crippen molar-refractivity contribution in [1.29, 1.82) is 0 Å². The second-order valence-corrected chi connectivity index (χ2v) is 6.22. The molecule has 2 aromatic rings. The van der Waals surface area contributed by atoms with E-state index in [1.165, 1.54) is 12.2 Å². The fourth-order valence-corrected chi connectivity index (χ4v) is 2.46. The van der Waals surface area contributed by atoms with Gasteiger partial charge in [-0.2, -0.15) is 0 Å². The highest BCUT2D eigenvalue weighted by Crippen LogP contribution is 2.20. The normalized spacial score (nSPS) is 10.8. The molecule has 24 heavy (non-hydrogen) atoms. The van der Waals surface area contributed by atoms with E-state index in [9.17, 15) is 9.59 Å². The first-order chi connectivity index (χ1) is 11.4. The Balaban J connectivity index is 1.74. The second kappa shape index (κ2) is 8.92. The van der Waals surface area contributed by atoms with Gasteiger partial charge in [0.25, 0.3) is 5.91 Å². The van der Waals surface area contributed by atoms with Crippen LogP contribution in [0.2, 0.25) is 10.0 Å². The van der Waals surface area contributed by atoms with Gasteiger partial charge in [-0.05, 0) is 51.8 Å². The zero-order valence-corrected chi connectivity index (χ0v) is 15.3. The van der Waals surface area contributed by atoms with Gasteiger partial charge in [-0.25, -0.2) is 4.79 Å². The fourth-order valence-electron chi connectivity index (χ4n) is 1.66. The number of halogens is 3. The molecule has 126 valence electrons. The average Bonchev–Trinajstić information content (AvgIpc) is 2.95. The molecule has 0 unspecified atom stereocenters. The largest absolute Gasteiger partial charge is 0.452 e. The molecule has 1 N–H and O–H groups in total. The summed E-state index contributed by atoms with van der Waals surface area (Å²) in [6, 6.07) is 8.34. The van der Waals surface area contributed by atoms with Gasteiger partial charge in [0.2, 0.25) is 0 Å². The van der Waals surface area contributed by atoms with Crippen LogP contribution in [0.5, 0.6) is 0 Å². The minimum atomic E-state index is -0.651. The summed E-state index contributed by atoms with van der Waals surface area (Å²) in [4.78, 5) is 23.2. The molecule has 1 amide bonds. The lowest BCUT2D eigenvalue weighted by Gasteiger charge is -2.07. The molecule has 0 fully saturated rings. The maximum Gasteiger partial charge on any atom is 0.331 e. The number of ether oxygens (including phenoxy) is 1. The van der Waals surface area contributed by atoms with Gasteiger partial charge < -0.3 is 14.5 Å². The number of amides is 1. The van der Waals surface area contributed by atoms with Crippen LogP contribution in [0.4, 0.5) is 0 Å². The van der Waals surface area contributed by atoms with E-state index < -0.39 is 18.5 Å². The molecule has 1 heterocycles. The van der Waals surface area contributed by atoms with Crippen molar-refractivity contribution in [2.45, 2.75) is 6.54 Å². The molecule has 5 nitrogen and oxygen atoms in total. The molecular formula is C16H12BrCl2NO4. The summed E-state index contributed by atoms with van der Waals surface area (Å²) in [6.45, 7) is -0.182. The first kappa shape index (κ1) is 18.6. The molecule has 0 atom stereocenters. The van der Waals surface area contributed by atoms with Crippen LogP contribution in [0.15, 0.2) is 45.5 Å². The van der Waals surface area contributed by atoms with Crippen molar-refractivity contribution in [3.8, 4) is 0 Å². The topological polar surface area (TPSA) is 68.5 Å². The van der Waals surface area contributed by atoms with E-state index in [1.807, 2.05) is 0 Å². The number of esters is 1. The van der Waals surface area contributed by atoms with Crippen LogP contribution in [0, 0.1) is 0 Å². The highest BCUT2D eigenvalue weighted by molar-refractivity contribution is 9.10. The highest BCUT2D eigenvalue weighted by Gasteiger charge is 2.07. The molecule has 0 saturated carbocycles. The lowest BCUT2D eigenvalue weighted by Crippen LogP contribution is -2.28. The predicted molar refractivity (Wildman–Crippen MR) is 94.7 cm³/mol. The molecule has 1 aromatic heterocycles. The molecule has 0 radical (unpaired) electrons. The zero-order chi connectivity index (χ0) is 17.5. The van der Waals surface area contributed by atoms with Crippen LogP contribution in [0.3, 0.4) is 0 Å². The Kier molecular flexibility index (Phi) is 6.90. The summed E-state index contributed by atoms with van der Waals surface area (Å²) < 4.78 is 10.6. The second-order valence-electron chi connectivity index (χ2n) is 4.60. The van der Waals surface area contributed by atoms with Crippen LogP contribution < -0.4 is 5.32 Å². The summed E-state index contributed by atoms with van der Waals surface area (Å²) in [5.74, 6) is -0.605. The Hall–Kier alpha value is -1.76. The smallest absolute Gasteiger partial charge is 0.331 e. The zero-order valence-electron chi connectivity index (χ0n) is 12.2. The summed E-state index contributed by atoms with van der Waals surface area (Å²) in [5, 5.41) is 3.56. The highest BCUT2D eigenvalue weighted by atomic mass is 79.9. The van der Waals surface area contributed by atoms with Crippen molar-refractivity contribution < 1.29 is 18.7 Å². The van der Waals surface area contributed by atoms with Gasteiger partial charge >= 0.3 is 5.97 Å². The van der Waals surface area contributed by atoms with Crippen molar-refractivity contribution in [3.05, 3.63) is 62.4 Å². The van der Waals surface area contributed by atoms with Crippen LogP contribution in [0.25, 0.3) is 6.08 Å². The fraction of sp³-hybridized carbons (Fsp3) is 0.125. The SMILES string of the molecule is O=C(COC(=O)/C=C/c1ccc(Br)o1)NCc1ccc(Cl)cc1Cl. The number of carbonyl (C=O) groups is 2. The average molecular weight is 433 g/mol. The first-order valence-electron chi connectivity index (χ1n) is 6.75. The van der Waals surface area contributed by atoms with Crippen molar-refractivity contribution in [2.24, 2.45) is 0 Å². The van der Waals surface area contributed by atoms with E-state index in [-0.39, 0.29) is 6.54 Å². The number of rotatable bonds is 6. The van der Waals surface area contributed by atoms with E-state index in [0.717, 1.165) is 0 Å². The third-order valence-corrected chi connectivity index (χ3v) is 3.83. The Morgan fingerprint density at radius 3 is 2.71 bits per heavy atom. The number of hydrogen-bond donors (Lipinski definition) is 1. The Bertz CT molecular complexity index is 773. The molecule has 0 saturated heterocycles. The molecule has 8 heteroatoms. The quantitative estimate of drug-likeness (QED) is 0.548. The van der Waals surface area contributed by atoms with Crippen LogP contribution >= 0.6 is 39.1 Å². The molecule has 0 bridgehead atoms. The minimum absolute atomic E-state index is 0.211. The number of carbonyl (C=O) groups excluding carboxylic acids is 2. The monoisotopic (exact) mass is 431 g/mol. The van der Waals surface area contributed by atoms with Crippen LogP contribution in [0.1, 0.15) is 11.3 Å². The Morgan fingerprint density at radius 2 is 2.04 bits per heavy atom. The Labute approximate surface area is 156 Å². The molecule has 0 spiro atoms. The van der Waals surface area contributed by atoms with E-state index in [1.54, 1.807) is 30.3 Å². The molecule has 0 aliphatic carbocycles. The van der Waals surface area contributed by atoms with Gasteiger partial charge in [-0.15, -0.1) is 0 Å². The molecule has 0 aliphatic rings. The summed E-state index contributed by atoms with van der Waals surface area (Å²) in [5.41, 5.74) is 0.712. The third kappa shape index (κ3) is 6.03. The molecule has 2 rings (SSSR count). The molecule has 0 aliphatic heterocycles. The van der Waals surface area contributed by atoms with Gasteiger partial charge in [-0.1, -0.05) is 29.3 Å².